The molecule has 2 nitrogen and oxygen atoms in total. The molecule has 72 heavy (non-hydrogen) atoms. The van der Waals surface area contributed by atoms with Gasteiger partial charge in [0.2, 0.25) is 0 Å². The molecule has 378 valence electrons. The molecule has 0 heterocycles. The summed E-state index contributed by atoms with van der Waals surface area (Å²) in [6.45, 7) is 47.0. The first-order valence-corrected chi connectivity index (χ1v) is 27.9. The highest BCUT2D eigenvalue weighted by molar-refractivity contribution is 6.29. The maximum Gasteiger partial charge on any atom is 0.0543 e. The number of hydrogen-bond donors (Lipinski definition) is 0. The van der Waals surface area contributed by atoms with Crippen LogP contribution in [0.15, 0.2) is 109 Å². The van der Waals surface area contributed by atoms with Gasteiger partial charge in [0.1, 0.15) is 0 Å². The van der Waals surface area contributed by atoms with Crippen LogP contribution in [0.4, 0.5) is 34.1 Å². The normalized spacial score (nSPS) is 12.6. The van der Waals surface area contributed by atoms with Gasteiger partial charge in [-0.25, -0.2) is 0 Å². The summed E-state index contributed by atoms with van der Waals surface area (Å²) in [7, 11) is 0. The van der Waals surface area contributed by atoms with Crippen LogP contribution in [0, 0.1) is 0 Å². The molecule has 0 aliphatic rings. The van der Waals surface area contributed by atoms with E-state index in [1.807, 2.05) is 0 Å². The van der Waals surface area contributed by atoms with Gasteiger partial charge in [0.25, 0.3) is 0 Å². The van der Waals surface area contributed by atoms with Gasteiger partial charge >= 0.3 is 0 Å². The molecule has 0 spiro atoms. The van der Waals surface area contributed by atoms with Gasteiger partial charge in [-0.1, -0.05) is 187 Å². The van der Waals surface area contributed by atoms with Crippen LogP contribution in [0.2, 0.25) is 0 Å². The van der Waals surface area contributed by atoms with Crippen molar-refractivity contribution >= 4 is 66.4 Å². The second-order valence-electron chi connectivity index (χ2n) is 24.7. The van der Waals surface area contributed by atoms with E-state index >= 15 is 0 Å². The van der Waals surface area contributed by atoms with Crippen LogP contribution < -0.4 is 9.80 Å². The molecule has 8 aromatic carbocycles. The SMILES string of the molecule is CC(C)c1cc(C(C)C)cc(N(c2cc(C(C)C)cc(C(C)C)c2)c2cc(C(C)C)c3ccc4c(N(c5cc(C(C)C)cc(C(C)C)c5)c5cc(C(C)C)cc(C(C)C)c5)cc(C(C)C)c5ccc2c3c54)c1. The van der Waals surface area contributed by atoms with E-state index in [-0.39, 0.29) is 0 Å². The molecule has 2 heteroatoms. The monoisotopic (exact) mass is 957 g/mol. The summed E-state index contributed by atoms with van der Waals surface area (Å²) in [5.74, 6) is 3.67. The number of nitrogens with zero attached hydrogens (tertiary/aromatic N) is 2. The quantitative estimate of drug-likeness (QED) is 0.0891. The molecule has 0 aliphatic heterocycles. The molecule has 0 saturated carbocycles. The van der Waals surface area contributed by atoms with E-state index < -0.39 is 0 Å². The smallest absolute Gasteiger partial charge is 0.0543 e. The lowest BCUT2D eigenvalue weighted by molar-refractivity contribution is 0.830. The van der Waals surface area contributed by atoms with Crippen molar-refractivity contribution in [3.05, 3.63) is 165 Å². The molecule has 0 amide bonds. The van der Waals surface area contributed by atoms with Crippen LogP contribution in [0.25, 0.3) is 32.3 Å². The second-order valence-corrected chi connectivity index (χ2v) is 24.7. The Morgan fingerprint density at radius 1 is 0.222 bits per heavy atom. The molecule has 0 atom stereocenters. The maximum absolute atomic E-state index is 2.65. The largest absolute Gasteiger partial charge is 0.310 e. The number of benzene rings is 8. The molecule has 0 radical (unpaired) electrons. The zero-order valence-electron chi connectivity index (χ0n) is 48.1. The fraction of sp³-hybridized carbons (Fsp3) is 0.429. The predicted molar refractivity (Wildman–Crippen MR) is 320 cm³/mol. The highest BCUT2D eigenvalue weighted by atomic mass is 15.2. The Labute approximate surface area is 436 Å². The molecule has 0 saturated heterocycles. The topological polar surface area (TPSA) is 6.48 Å². The minimum atomic E-state index is 0.290. The Kier molecular flexibility index (Phi) is 15.2. The van der Waals surface area contributed by atoms with Crippen molar-refractivity contribution in [3.8, 4) is 0 Å². The lowest BCUT2D eigenvalue weighted by atomic mass is 9.83. The average Bonchev–Trinajstić information content (AvgIpc) is 3.33. The average molecular weight is 957 g/mol. The van der Waals surface area contributed by atoms with Gasteiger partial charge in [-0.05, 0) is 197 Å². The summed E-state index contributed by atoms with van der Waals surface area (Å²) >= 11 is 0. The van der Waals surface area contributed by atoms with Crippen molar-refractivity contribution in [2.24, 2.45) is 0 Å². The Morgan fingerprint density at radius 3 is 0.597 bits per heavy atom. The minimum absolute atomic E-state index is 0.290. The van der Waals surface area contributed by atoms with E-state index in [4.69, 9.17) is 0 Å². The van der Waals surface area contributed by atoms with Gasteiger partial charge in [-0.15, -0.1) is 0 Å². The maximum atomic E-state index is 2.65. The summed E-state index contributed by atoms with van der Waals surface area (Å²) in [5.41, 5.74) is 21.2. The standard InChI is InChI=1S/C70H88N2/c1-39(2)49-25-50(40(3)4)30-57(29-49)71(58-31-51(41(5)6)26-52(32-58)42(7)8)67-37-65(47(17)18)61-22-24-64-68(38-66(48(19)20)62-21-23-63(67)69(61)70(62)64)72(59-33-53(43(9)10)27-54(34-59)44(11)12)60-35-55(45(13)14)28-56(36-60)46(15)16/h21-48H,1-20H3. The van der Waals surface area contributed by atoms with Crippen LogP contribution >= 0.6 is 0 Å². The van der Waals surface area contributed by atoms with E-state index in [2.05, 4.69) is 257 Å². The molecule has 8 rings (SSSR count). The minimum Gasteiger partial charge on any atom is -0.310 e. The number of hydrogen-bond acceptors (Lipinski definition) is 2. The number of rotatable bonds is 16. The van der Waals surface area contributed by atoms with Gasteiger partial charge in [0.05, 0.1) is 11.4 Å². The lowest BCUT2D eigenvalue weighted by Crippen LogP contribution is -2.15. The van der Waals surface area contributed by atoms with Crippen LogP contribution in [0.5, 0.6) is 0 Å². The van der Waals surface area contributed by atoms with Crippen molar-refractivity contribution in [2.75, 3.05) is 9.80 Å². The third-order valence-electron chi connectivity index (χ3n) is 15.9. The Balaban J connectivity index is 1.58. The summed E-state index contributed by atoms with van der Waals surface area (Å²) in [5, 5.41) is 8.02. The van der Waals surface area contributed by atoms with Gasteiger partial charge in [0.15, 0.2) is 0 Å². The van der Waals surface area contributed by atoms with Crippen LogP contribution in [0.3, 0.4) is 0 Å². The Hall–Kier alpha value is -5.60. The van der Waals surface area contributed by atoms with Gasteiger partial charge < -0.3 is 9.80 Å². The summed E-state index contributed by atoms with van der Waals surface area (Å²) in [4.78, 5) is 5.30. The fourth-order valence-corrected chi connectivity index (χ4v) is 11.0. The predicted octanol–water partition coefficient (Wildman–Crippen LogP) is 22.8. The van der Waals surface area contributed by atoms with Crippen molar-refractivity contribution in [2.45, 2.75) is 198 Å². The third-order valence-corrected chi connectivity index (χ3v) is 15.9. The second kappa shape index (κ2) is 20.7. The first-order valence-electron chi connectivity index (χ1n) is 27.9. The first-order chi connectivity index (χ1) is 33.9. The molecule has 0 fully saturated rings. The summed E-state index contributed by atoms with van der Waals surface area (Å²) < 4.78 is 0. The van der Waals surface area contributed by atoms with E-state index in [9.17, 15) is 0 Å². The van der Waals surface area contributed by atoms with Gasteiger partial charge in [0, 0.05) is 33.5 Å². The number of anilines is 6. The zero-order chi connectivity index (χ0) is 52.4. The van der Waals surface area contributed by atoms with E-state index in [0.717, 1.165) is 0 Å². The fourth-order valence-electron chi connectivity index (χ4n) is 11.0. The highest BCUT2D eigenvalue weighted by Gasteiger charge is 2.28. The van der Waals surface area contributed by atoms with Gasteiger partial charge in [-0.3, -0.25) is 0 Å². The highest BCUT2D eigenvalue weighted by Crippen LogP contribution is 2.52. The van der Waals surface area contributed by atoms with E-state index in [1.54, 1.807) is 0 Å². The lowest BCUT2D eigenvalue weighted by Gasteiger charge is -2.33. The van der Waals surface area contributed by atoms with Gasteiger partial charge in [-0.2, -0.15) is 0 Å². The summed E-state index contributed by atoms with van der Waals surface area (Å²) in [6, 6.07) is 44.7. The van der Waals surface area contributed by atoms with Crippen LogP contribution in [-0.2, 0) is 0 Å². The van der Waals surface area contributed by atoms with Crippen molar-refractivity contribution in [3.63, 3.8) is 0 Å². The van der Waals surface area contributed by atoms with Crippen LogP contribution in [0.1, 0.15) is 253 Å². The molecule has 0 unspecified atom stereocenters. The third kappa shape index (κ3) is 10.1. The molecule has 0 N–H and O–H groups in total. The molecule has 0 aromatic heterocycles. The molecular formula is C70H88N2. The summed E-state index contributed by atoms with van der Waals surface area (Å²) in [6.07, 6.45) is 0. The first kappa shape index (κ1) is 52.7. The van der Waals surface area contributed by atoms with Crippen molar-refractivity contribution in [1.29, 1.82) is 0 Å². The Bertz CT molecular complexity index is 2770. The van der Waals surface area contributed by atoms with E-state index in [1.165, 1.54) is 122 Å². The van der Waals surface area contributed by atoms with Crippen molar-refractivity contribution < 1.29 is 0 Å². The zero-order valence-corrected chi connectivity index (χ0v) is 48.1. The molecule has 0 aliphatic carbocycles. The van der Waals surface area contributed by atoms with Crippen molar-refractivity contribution in [1.82, 2.24) is 0 Å². The Morgan fingerprint density at radius 2 is 0.417 bits per heavy atom. The molecule has 0 bridgehead atoms. The molecule has 8 aromatic rings. The molecular weight excluding hydrogens is 869 g/mol. The van der Waals surface area contributed by atoms with Crippen LogP contribution in [-0.4, -0.2) is 0 Å². The van der Waals surface area contributed by atoms with E-state index in [0.29, 0.717) is 59.2 Å².